The molecule has 2 nitrogen and oxygen atoms in total. The van der Waals surface area contributed by atoms with Gasteiger partial charge in [-0.05, 0) is 48.6 Å². The van der Waals surface area contributed by atoms with Gasteiger partial charge in [0.15, 0.2) is 11.6 Å². The summed E-state index contributed by atoms with van der Waals surface area (Å²) >= 11 is 0. The van der Waals surface area contributed by atoms with Crippen LogP contribution in [0.3, 0.4) is 0 Å². The Morgan fingerprint density at radius 3 is 2.52 bits per heavy atom. The summed E-state index contributed by atoms with van der Waals surface area (Å²) in [6, 6.07) is 12.8. The summed E-state index contributed by atoms with van der Waals surface area (Å²) < 4.78 is 19.9. The summed E-state index contributed by atoms with van der Waals surface area (Å²) in [6.07, 6.45) is 2.41. The number of hydrogen-bond acceptors (Lipinski definition) is 2. The molecule has 0 aliphatic rings. The molecule has 0 amide bonds. The summed E-state index contributed by atoms with van der Waals surface area (Å²) in [4.78, 5) is 0. The topological polar surface area (TPSA) is 35.2 Å². The normalized spacial score (nSPS) is 12.2. The van der Waals surface area contributed by atoms with E-state index >= 15 is 0 Å². The second-order valence-electron chi connectivity index (χ2n) is 5.20. The highest BCUT2D eigenvalue weighted by molar-refractivity contribution is 5.39. The lowest BCUT2D eigenvalue weighted by Gasteiger charge is -2.13. The van der Waals surface area contributed by atoms with E-state index in [1.165, 1.54) is 6.07 Å². The van der Waals surface area contributed by atoms with Crippen LogP contribution in [-0.4, -0.2) is 6.04 Å². The van der Waals surface area contributed by atoms with E-state index in [4.69, 9.17) is 10.5 Å². The van der Waals surface area contributed by atoms with Crippen LogP contribution in [0.2, 0.25) is 0 Å². The van der Waals surface area contributed by atoms with Gasteiger partial charge in [-0.3, -0.25) is 0 Å². The first-order valence-electron chi connectivity index (χ1n) is 7.43. The molecule has 0 saturated carbocycles. The number of rotatable bonds is 6. The molecule has 0 fully saturated rings. The second-order valence-corrected chi connectivity index (χ2v) is 5.20. The Morgan fingerprint density at radius 1 is 1.10 bits per heavy atom. The molecule has 0 aliphatic carbocycles. The number of hydrogen-bond donors (Lipinski definition) is 1. The monoisotopic (exact) mass is 287 g/mol. The minimum Gasteiger partial charge on any atom is -0.454 e. The van der Waals surface area contributed by atoms with Gasteiger partial charge >= 0.3 is 0 Å². The van der Waals surface area contributed by atoms with E-state index in [0.29, 0.717) is 12.2 Å². The second kappa shape index (κ2) is 7.23. The van der Waals surface area contributed by atoms with Crippen molar-refractivity contribution in [2.24, 2.45) is 5.73 Å². The molecule has 0 heterocycles. The number of para-hydroxylation sites is 1. The first-order valence-corrected chi connectivity index (χ1v) is 7.43. The molecule has 2 aromatic rings. The Labute approximate surface area is 125 Å². The Hall–Kier alpha value is -1.87. The number of ether oxygens (including phenoxy) is 1. The van der Waals surface area contributed by atoms with Crippen LogP contribution >= 0.6 is 0 Å². The number of halogens is 1. The molecule has 2 aromatic carbocycles. The molecule has 0 aromatic heterocycles. The van der Waals surface area contributed by atoms with Crippen molar-refractivity contribution in [3.05, 3.63) is 59.4 Å². The molecule has 0 radical (unpaired) electrons. The van der Waals surface area contributed by atoms with Crippen LogP contribution in [0.25, 0.3) is 0 Å². The van der Waals surface area contributed by atoms with Gasteiger partial charge in [0, 0.05) is 6.04 Å². The zero-order valence-electron chi connectivity index (χ0n) is 12.6. The molecule has 112 valence electrons. The van der Waals surface area contributed by atoms with E-state index in [1.54, 1.807) is 6.07 Å². The van der Waals surface area contributed by atoms with Crippen molar-refractivity contribution in [3.63, 3.8) is 0 Å². The smallest absolute Gasteiger partial charge is 0.165 e. The summed E-state index contributed by atoms with van der Waals surface area (Å²) in [5, 5.41) is 0. The van der Waals surface area contributed by atoms with E-state index in [2.05, 4.69) is 0 Å². The maximum absolute atomic E-state index is 14.2. The molecule has 1 unspecified atom stereocenters. The van der Waals surface area contributed by atoms with Crippen molar-refractivity contribution in [2.45, 2.75) is 39.2 Å². The van der Waals surface area contributed by atoms with Crippen molar-refractivity contribution < 1.29 is 9.13 Å². The fraction of sp³-hybridized carbons (Fsp3) is 0.333. The van der Waals surface area contributed by atoms with Crippen molar-refractivity contribution in [2.75, 3.05) is 0 Å². The first kappa shape index (κ1) is 15.5. The molecule has 3 heteroatoms. The Morgan fingerprint density at radius 2 is 1.86 bits per heavy atom. The third-order valence-electron chi connectivity index (χ3n) is 3.59. The van der Waals surface area contributed by atoms with Crippen LogP contribution in [0.4, 0.5) is 4.39 Å². The van der Waals surface area contributed by atoms with E-state index in [9.17, 15) is 4.39 Å². The number of aryl methyl sites for hydroxylation is 1. The molecule has 0 bridgehead atoms. The summed E-state index contributed by atoms with van der Waals surface area (Å²) in [5.41, 5.74) is 7.87. The predicted molar refractivity (Wildman–Crippen MR) is 84.3 cm³/mol. The molecule has 0 aliphatic heterocycles. The van der Waals surface area contributed by atoms with Gasteiger partial charge in [-0.25, -0.2) is 4.39 Å². The molecule has 2 N–H and O–H groups in total. The zero-order valence-corrected chi connectivity index (χ0v) is 12.6. The van der Waals surface area contributed by atoms with Gasteiger partial charge in [0.05, 0.1) is 0 Å². The van der Waals surface area contributed by atoms with E-state index in [1.807, 2.05) is 44.2 Å². The van der Waals surface area contributed by atoms with Crippen LogP contribution in [0.5, 0.6) is 11.5 Å². The minimum absolute atomic E-state index is 0.0667. The molecule has 0 spiro atoms. The zero-order chi connectivity index (χ0) is 15.2. The molecule has 21 heavy (non-hydrogen) atoms. The van der Waals surface area contributed by atoms with Crippen LogP contribution in [0, 0.1) is 5.82 Å². The van der Waals surface area contributed by atoms with Crippen LogP contribution in [0.1, 0.15) is 31.4 Å². The maximum Gasteiger partial charge on any atom is 0.165 e. The van der Waals surface area contributed by atoms with Crippen molar-refractivity contribution in [3.8, 4) is 11.5 Å². The highest BCUT2D eigenvalue weighted by atomic mass is 19.1. The Kier molecular flexibility index (Phi) is 5.34. The number of nitrogens with two attached hydrogens (primary N) is 1. The lowest BCUT2D eigenvalue weighted by Crippen LogP contribution is -2.21. The first-order chi connectivity index (χ1) is 10.1. The summed E-state index contributed by atoms with van der Waals surface area (Å²) in [5.74, 6) is 0.614. The highest BCUT2D eigenvalue weighted by Crippen LogP contribution is 2.28. The fourth-order valence-corrected chi connectivity index (χ4v) is 2.22. The fourth-order valence-electron chi connectivity index (χ4n) is 2.22. The molecular formula is C18H22FNO. The predicted octanol–water partition coefficient (Wildman–Crippen LogP) is 4.46. The molecule has 2 rings (SSSR count). The third kappa shape index (κ3) is 4.05. The Bertz CT molecular complexity index is 598. The van der Waals surface area contributed by atoms with Gasteiger partial charge in [-0.1, -0.05) is 38.1 Å². The average molecular weight is 287 g/mol. The lowest BCUT2D eigenvalue weighted by atomic mass is 10.0. The average Bonchev–Trinajstić information content (AvgIpc) is 2.50. The highest BCUT2D eigenvalue weighted by Gasteiger charge is 2.10. The van der Waals surface area contributed by atoms with Crippen LogP contribution < -0.4 is 10.5 Å². The standard InChI is InChI=1S/C18H22FNO/c1-3-14-7-5-6-8-17(14)21-18-10-9-13(12-16(18)19)11-15(20)4-2/h5-10,12,15H,3-4,11,20H2,1-2H3. The van der Waals surface area contributed by atoms with Gasteiger partial charge in [-0.15, -0.1) is 0 Å². The summed E-state index contributed by atoms with van der Waals surface area (Å²) in [6.45, 7) is 4.08. The molecular weight excluding hydrogens is 265 g/mol. The molecule has 1 atom stereocenters. The quantitative estimate of drug-likeness (QED) is 0.851. The van der Waals surface area contributed by atoms with E-state index < -0.39 is 0 Å². The van der Waals surface area contributed by atoms with E-state index in [0.717, 1.165) is 24.0 Å². The largest absolute Gasteiger partial charge is 0.454 e. The third-order valence-corrected chi connectivity index (χ3v) is 3.59. The van der Waals surface area contributed by atoms with Crippen molar-refractivity contribution in [1.29, 1.82) is 0 Å². The van der Waals surface area contributed by atoms with Crippen LogP contribution in [0.15, 0.2) is 42.5 Å². The lowest BCUT2D eigenvalue weighted by molar-refractivity contribution is 0.437. The van der Waals surface area contributed by atoms with Crippen LogP contribution in [-0.2, 0) is 12.8 Å². The van der Waals surface area contributed by atoms with Crippen molar-refractivity contribution >= 4 is 0 Å². The van der Waals surface area contributed by atoms with Gasteiger partial charge in [-0.2, -0.15) is 0 Å². The number of benzene rings is 2. The Balaban J connectivity index is 2.17. The summed E-state index contributed by atoms with van der Waals surface area (Å²) in [7, 11) is 0. The van der Waals surface area contributed by atoms with Crippen molar-refractivity contribution in [1.82, 2.24) is 0 Å². The van der Waals surface area contributed by atoms with Gasteiger partial charge in [0.1, 0.15) is 5.75 Å². The van der Waals surface area contributed by atoms with Gasteiger partial charge in [0.25, 0.3) is 0 Å². The minimum atomic E-state index is -0.346. The van der Waals surface area contributed by atoms with Gasteiger partial charge in [0.2, 0.25) is 0 Å². The van der Waals surface area contributed by atoms with Gasteiger partial charge < -0.3 is 10.5 Å². The SMILES string of the molecule is CCc1ccccc1Oc1ccc(CC(N)CC)cc1F. The van der Waals surface area contributed by atoms with E-state index in [-0.39, 0.29) is 17.6 Å². The maximum atomic E-state index is 14.2. The molecule has 0 saturated heterocycles.